The van der Waals surface area contributed by atoms with E-state index >= 15 is 0 Å². The summed E-state index contributed by atoms with van der Waals surface area (Å²) in [4.78, 5) is 41.1. The lowest BCUT2D eigenvalue weighted by atomic mass is 9.99. The summed E-state index contributed by atoms with van der Waals surface area (Å²) in [7, 11) is 0. The van der Waals surface area contributed by atoms with Crippen molar-refractivity contribution in [1.29, 1.82) is 0 Å². The molecule has 0 bridgehead atoms. The third-order valence-electron chi connectivity index (χ3n) is 5.77. The number of halogens is 1. The fourth-order valence-corrected chi connectivity index (χ4v) is 3.96. The Kier molecular flexibility index (Phi) is 6.88. The fourth-order valence-electron chi connectivity index (χ4n) is 3.96. The van der Waals surface area contributed by atoms with E-state index in [2.05, 4.69) is 5.32 Å². The van der Waals surface area contributed by atoms with Crippen LogP contribution >= 0.6 is 0 Å². The van der Waals surface area contributed by atoms with E-state index in [1.54, 1.807) is 48.2 Å². The van der Waals surface area contributed by atoms with E-state index in [9.17, 15) is 18.8 Å². The molecule has 2 atom stereocenters. The highest BCUT2D eigenvalue weighted by Crippen LogP contribution is 2.35. The number of amides is 3. The number of hydrogen-bond donors (Lipinski definition) is 1. The lowest BCUT2D eigenvalue weighted by Crippen LogP contribution is -2.51. The molecule has 3 amide bonds. The summed E-state index contributed by atoms with van der Waals surface area (Å²) in [6, 6.07) is 11.8. The molecule has 0 saturated carbocycles. The number of nitrogens with zero attached hydrogens (tertiary/aromatic N) is 2. The lowest BCUT2D eigenvalue weighted by molar-refractivity contribution is -0.141. The van der Waals surface area contributed by atoms with Crippen LogP contribution in [-0.4, -0.2) is 60.1 Å². The average molecular weight is 455 g/mol. The van der Waals surface area contributed by atoms with Gasteiger partial charge in [0.25, 0.3) is 0 Å². The minimum absolute atomic E-state index is 0.110. The van der Waals surface area contributed by atoms with Crippen LogP contribution in [-0.2, 0) is 25.6 Å². The quantitative estimate of drug-likeness (QED) is 0.723. The van der Waals surface area contributed by atoms with Gasteiger partial charge in [0.15, 0.2) is 12.1 Å². The second-order valence-corrected chi connectivity index (χ2v) is 7.96. The molecule has 2 aliphatic rings. The van der Waals surface area contributed by atoms with Crippen molar-refractivity contribution in [2.24, 2.45) is 0 Å². The molecule has 8 nitrogen and oxygen atoms in total. The van der Waals surface area contributed by atoms with E-state index in [1.165, 1.54) is 17.0 Å². The molecule has 9 heteroatoms. The van der Waals surface area contributed by atoms with Crippen LogP contribution in [0.25, 0.3) is 0 Å². The normalized spacial score (nSPS) is 20.5. The van der Waals surface area contributed by atoms with Gasteiger partial charge in [-0.1, -0.05) is 31.2 Å². The van der Waals surface area contributed by atoms with E-state index < -0.39 is 18.2 Å². The van der Waals surface area contributed by atoms with Crippen LogP contribution in [0.1, 0.15) is 30.6 Å². The first-order chi connectivity index (χ1) is 16.0. The van der Waals surface area contributed by atoms with Gasteiger partial charge in [-0.15, -0.1) is 0 Å². The molecule has 1 N–H and O–H groups in total. The predicted molar refractivity (Wildman–Crippen MR) is 118 cm³/mol. The maximum absolute atomic E-state index is 13.5. The monoisotopic (exact) mass is 455 g/mol. The minimum Gasteiger partial charge on any atom is -0.438 e. The predicted octanol–water partition coefficient (Wildman–Crippen LogP) is 3.10. The molecule has 2 heterocycles. The molecule has 2 fully saturated rings. The van der Waals surface area contributed by atoms with Gasteiger partial charge in [-0.3, -0.25) is 14.5 Å². The smallest absolute Gasteiger partial charge is 0.411 e. The van der Waals surface area contributed by atoms with Crippen molar-refractivity contribution in [2.45, 2.75) is 32.0 Å². The SMILES string of the molecule is CCC(=O)Nc1ccc(C2OC(=O)N(Cc3ccc(F)cc3)C2C(=O)N2CCOCC2)cc1. The minimum atomic E-state index is -0.878. The van der Waals surface area contributed by atoms with Crippen LogP contribution in [0.15, 0.2) is 48.5 Å². The number of benzene rings is 2. The van der Waals surface area contributed by atoms with Crippen LogP contribution in [0, 0.1) is 5.82 Å². The molecule has 0 aromatic heterocycles. The first-order valence-corrected chi connectivity index (χ1v) is 10.9. The number of morpholine rings is 1. The largest absolute Gasteiger partial charge is 0.438 e. The number of carbonyl (C=O) groups is 3. The van der Waals surface area contributed by atoms with Crippen molar-refractivity contribution in [3.63, 3.8) is 0 Å². The Labute approximate surface area is 191 Å². The van der Waals surface area contributed by atoms with E-state index in [-0.39, 0.29) is 24.2 Å². The lowest BCUT2D eigenvalue weighted by Gasteiger charge is -2.32. The van der Waals surface area contributed by atoms with Gasteiger partial charge >= 0.3 is 6.09 Å². The van der Waals surface area contributed by atoms with Crippen molar-refractivity contribution >= 4 is 23.6 Å². The van der Waals surface area contributed by atoms with Crippen molar-refractivity contribution in [3.05, 3.63) is 65.5 Å². The van der Waals surface area contributed by atoms with Gasteiger partial charge in [0, 0.05) is 25.2 Å². The molecule has 2 aromatic rings. The van der Waals surface area contributed by atoms with Crippen LogP contribution in [0.3, 0.4) is 0 Å². The van der Waals surface area contributed by atoms with Gasteiger partial charge in [-0.05, 0) is 35.4 Å². The Balaban J connectivity index is 1.61. The van der Waals surface area contributed by atoms with E-state index in [1.807, 2.05) is 0 Å². The second-order valence-electron chi connectivity index (χ2n) is 7.96. The van der Waals surface area contributed by atoms with Crippen molar-refractivity contribution < 1.29 is 28.2 Å². The number of hydrogen-bond acceptors (Lipinski definition) is 5. The Hall–Kier alpha value is -3.46. The Bertz CT molecular complexity index is 1010. The number of carbonyl (C=O) groups excluding carboxylic acids is 3. The summed E-state index contributed by atoms with van der Waals surface area (Å²) in [5, 5.41) is 2.77. The highest BCUT2D eigenvalue weighted by atomic mass is 19.1. The molecule has 0 aliphatic carbocycles. The summed E-state index contributed by atoms with van der Waals surface area (Å²) in [5.74, 6) is -0.711. The van der Waals surface area contributed by atoms with E-state index in [0.29, 0.717) is 49.5 Å². The number of cyclic esters (lactones) is 1. The summed E-state index contributed by atoms with van der Waals surface area (Å²) in [5.41, 5.74) is 1.95. The van der Waals surface area contributed by atoms with Crippen molar-refractivity contribution in [3.8, 4) is 0 Å². The molecule has 2 unspecified atom stereocenters. The first-order valence-electron chi connectivity index (χ1n) is 10.9. The second kappa shape index (κ2) is 9.99. The molecule has 2 saturated heterocycles. The fraction of sp³-hybridized carbons (Fsp3) is 0.375. The highest BCUT2D eigenvalue weighted by molar-refractivity contribution is 5.91. The van der Waals surface area contributed by atoms with Crippen LogP contribution < -0.4 is 5.32 Å². The molecule has 2 aromatic carbocycles. The highest BCUT2D eigenvalue weighted by Gasteiger charge is 2.48. The Morgan fingerprint density at radius 1 is 1.06 bits per heavy atom. The van der Waals surface area contributed by atoms with Crippen LogP contribution in [0.4, 0.5) is 14.9 Å². The summed E-state index contributed by atoms with van der Waals surface area (Å²) in [6.07, 6.45) is -1.07. The third kappa shape index (κ3) is 5.14. The molecule has 2 aliphatic heterocycles. The molecule has 0 spiro atoms. The van der Waals surface area contributed by atoms with Crippen molar-refractivity contribution in [2.75, 3.05) is 31.6 Å². The standard InChI is InChI=1S/C24H26FN3O5/c1-2-20(29)26-19-9-5-17(6-10-19)22-21(23(30)27-11-13-32-14-12-27)28(24(31)33-22)15-16-3-7-18(25)8-4-16/h3-10,21-22H,2,11-15H2,1H3,(H,26,29). The van der Waals surface area contributed by atoms with Crippen molar-refractivity contribution in [1.82, 2.24) is 9.80 Å². The third-order valence-corrected chi connectivity index (χ3v) is 5.77. The molecular formula is C24H26FN3O5. The molecular weight excluding hydrogens is 429 g/mol. The van der Waals surface area contributed by atoms with E-state index in [4.69, 9.17) is 9.47 Å². The molecule has 33 heavy (non-hydrogen) atoms. The van der Waals surface area contributed by atoms with E-state index in [0.717, 1.165) is 0 Å². The number of ether oxygens (including phenoxy) is 2. The number of nitrogens with one attached hydrogen (secondary N) is 1. The zero-order valence-electron chi connectivity index (χ0n) is 18.3. The Morgan fingerprint density at radius 2 is 1.73 bits per heavy atom. The molecule has 4 rings (SSSR count). The Morgan fingerprint density at radius 3 is 2.36 bits per heavy atom. The van der Waals surface area contributed by atoms with Gasteiger partial charge in [0.1, 0.15) is 5.82 Å². The zero-order chi connectivity index (χ0) is 23.4. The maximum atomic E-state index is 13.5. The zero-order valence-corrected chi connectivity index (χ0v) is 18.3. The maximum Gasteiger partial charge on any atom is 0.411 e. The van der Waals surface area contributed by atoms with Gasteiger partial charge in [0.2, 0.25) is 11.8 Å². The van der Waals surface area contributed by atoms with Gasteiger partial charge in [-0.2, -0.15) is 0 Å². The number of anilines is 1. The molecule has 0 radical (unpaired) electrons. The molecule has 174 valence electrons. The number of rotatable bonds is 6. The summed E-state index contributed by atoms with van der Waals surface area (Å²) < 4.78 is 24.4. The first kappa shape index (κ1) is 22.7. The van der Waals surface area contributed by atoms with Crippen LogP contribution in [0.5, 0.6) is 0 Å². The van der Waals surface area contributed by atoms with Gasteiger partial charge in [0.05, 0.1) is 19.8 Å². The topological polar surface area (TPSA) is 88.2 Å². The average Bonchev–Trinajstić information content (AvgIpc) is 3.16. The summed E-state index contributed by atoms with van der Waals surface area (Å²) >= 11 is 0. The van der Waals surface area contributed by atoms with Gasteiger partial charge < -0.3 is 19.7 Å². The van der Waals surface area contributed by atoms with Gasteiger partial charge in [-0.25, -0.2) is 9.18 Å². The van der Waals surface area contributed by atoms with Crippen LogP contribution in [0.2, 0.25) is 0 Å². The summed E-state index contributed by atoms with van der Waals surface area (Å²) in [6.45, 7) is 3.61.